The Hall–Kier alpha value is -1.88. The topological polar surface area (TPSA) is 112 Å². The lowest BCUT2D eigenvalue weighted by atomic mass is 9.96. The Morgan fingerprint density at radius 1 is 1.10 bits per heavy atom. The van der Waals surface area contributed by atoms with Crippen LogP contribution in [0.4, 0.5) is 0 Å². The summed E-state index contributed by atoms with van der Waals surface area (Å²) >= 11 is 0. The number of hydrogen-bond donors (Lipinski definition) is 3. The Balaban J connectivity index is 0.000000400. The molecule has 0 radical (unpaired) electrons. The van der Waals surface area contributed by atoms with Crippen LogP contribution in [-0.2, 0) is 0 Å². The summed E-state index contributed by atoms with van der Waals surface area (Å²) in [7, 11) is 0. The van der Waals surface area contributed by atoms with Crippen molar-refractivity contribution in [3.05, 3.63) is 35.4 Å². The average molecular weight is 293 g/mol. The van der Waals surface area contributed by atoms with Gasteiger partial charge >= 0.3 is 0 Å². The van der Waals surface area contributed by atoms with Crippen LogP contribution in [0, 0.1) is 5.92 Å². The fourth-order valence-electron chi connectivity index (χ4n) is 1.90. The zero-order chi connectivity index (χ0) is 16.4. The molecular weight excluding hydrogens is 266 g/mol. The van der Waals surface area contributed by atoms with Gasteiger partial charge < -0.3 is 17.2 Å². The third-order valence-electron chi connectivity index (χ3n) is 3.38. The number of primary amides is 2. The van der Waals surface area contributed by atoms with Gasteiger partial charge in [-0.1, -0.05) is 33.3 Å². The fourth-order valence-corrected chi connectivity index (χ4v) is 1.90. The molecule has 2 amide bonds. The molecule has 5 heteroatoms. The molecule has 0 bridgehead atoms. The zero-order valence-corrected chi connectivity index (χ0v) is 13.1. The lowest BCUT2D eigenvalue weighted by molar-refractivity contribution is 0.0999. The third kappa shape index (κ3) is 7.46. The van der Waals surface area contributed by atoms with E-state index in [0.29, 0.717) is 12.0 Å². The zero-order valence-electron chi connectivity index (χ0n) is 13.1. The van der Waals surface area contributed by atoms with E-state index < -0.39 is 11.8 Å². The van der Waals surface area contributed by atoms with Crippen LogP contribution >= 0.6 is 0 Å². The van der Waals surface area contributed by atoms with Crippen LogP contribution in [0.15, 0.2) is 24.3 Å². The highest BCUT2D eigenvalue weighted by molar-refractivity contribution is 5.98. The van der Waals surface area contributed by atoms with E-state index >= 15 is 0 Å². The molecule has 1 rings (SSSR count). The van der Waals surface area contributed by atoms with Crippen molar-refractivity contribution in [1.29, 1.82) is 0 Å². The first-order valence-corrected chi connectivity index (χ1v) is 7.28. The van der Waals surface area contributed by atoms with E-state index in [-0.39, 0.29) is 11.1 Å². The van der Waals surface area contributed by atoms with E-state index in [4.69, 9.17) is 17.2 Å². The van der Waals surface area contributed by atoms with Crippen LogP contribution in [0.1, 0.15) is 60.7 Å². The van der Waals surface area contributed by atoms with Gasteiger partial charge in [-0.3, -0.25) is 9.59 Å². The molecule has 1 aromatic rings. The third-order valence-corrected chi connectivity index (χ3v) is 3.38. The first-order chi connectivity index (χ1) is 9.83. The monoisotopic (exact) mass is 293 g/mol. The van der Waals surface area contributed by atoms with Crippen molar-refractivity contribution in [2.45, 2.75) is 46.1 Å². The smallest absolute Gasteiger partial charge is 0.248 e. The molecule has 6 N–H and O–H groups in total. The molecular formula is C16H27N3O2. The Kier molecular flexibility index (Phi) is 9.05. The summed E-state index contributed by atoms with van der Waals surface area (Å²) in [4.78, 5) is 21.3. The van der Waals surface area contributed by atoms with Gasteiger partial charge in [0.05, 0.1) is 0 Å². The maximum atomic E-state index is 10.6. The van der Waals surface area contributed by atoms with Crippen LogP contribution in [0.3, 0.4) is 0 Å². The maximum absolute atomic E-state index is 10.6. The van der Waals surface area contributed by atoms with Crippen molar-refractivity contribution in [2.24, 2.45) is 23.1 Å². The van der Waals surface area contributed by atoms with Crippen molar-refractivity contribution < 1.29 is 9.59 Å². The van der Waals surface area contributed by atoms with Gasteiger partial charge in [-0.2, -0.15) is 0 Å². The first kappa shape index (κ1) is 19.1. The highest BCUT2D eigenvalue weighted by atomic mass is 16.1. The molecule has 0 fully saturated rings. The number of rotatable bonds is 6. The average Bonchev–Trinajstić information content (AvgIpc) is 2.47. The van der Waals surface area contributed by atoms with Crippen molar-refractivity contribution >= 4 is 11.8 Å². The molecule has 1 aromatic carbocycles. The van der Waals surface area contributed by atoms with E-state index in [1.165, 1.54) is 31.0 Å². The van der Waals surface area contributed by atoms with E-state index in [1.807, 2.05) is 0 Å². The number of carbonyl (C=O) groups excluding carboxylic acids is 2. The Morgan fingerprint density at radius 3 is 1.90 bits per heavy atom. The Bertz CT molecular complexity index is 431. The van der Waals surface area contributed by atoms with E-state index in [1.54, 1.807) is 6.07 Å². The Morgan fingerprint density at radius 2 is 1.57 bits per heavy atom. The van der Waals surface area contributed by atoms with Crippen LogP contribution in [0.2, 0.25) is 0 Å². The normalized spacial score (nSPS) is 12.8. The molecule has 0 spiro atoms. The standard InChI is InChI=1S/C8H8N2O2.C8H19N/c9-7(11)5-2-1-3-6(4-5)8(10)12;1-4-6-7(3)8(9)5-2/h1-4H,(H2,9,11)(H2,10,12);7-8H,4-6,9H2,1-3H3. The number of nitrogens with two attached hydrogens (primary N) is 3. The van der Waals surface area contributed by atoms with Crippen molar-refractivity contribution in [3.63, 3.8) is 0 Å². The van der Waals surface area contributed by atoms with E-state index in [9.17, 15) is 9.59 Å². The summed E-state index contributed by atoms with van der Waals surface area (Å²) in [6.45, 7) is 6.59. The highest BCUT2D eigenvalue weighted by Gasteiger charge is 2.07. The predicted molar refractivity (Wildman–Crippen MR) is 85.8 cm³/mol. The predicted octanol–water partition coefficient (Wildman–Crippen LogP) is 2.04. The second-order valence-corrected chi connectivity index (χ2v) is 5.15. The van der Waals surface area contributed by atoms with Crippen LogP contribution in [0.25, 0.3) is 0 Å². The number of benzene rings is 1. The quantitative estimate of drug-likeness (QED) is 0.746. The summed E-state index contributed by atoms with van der Waals surface area (Å²) in [6, 6.07) is 6.39. The molecule has 2 unspecified atom stereocenters. The molecule has 2 atom stereocenters. The summed E-state index contributed by atoms with van der Waals surface area (Å²) in [5, 5.41) is 0. The summed E-state index contributed by atoms with van der Waals surface area (Å²) in [5.74, 6) is -0.434. The lowest BCUT2D eigenvalue weighted by Gasteiger charge is -2.16. The molecule has 0 saturated carbocycles. The van der Waals surface area contributed by atoms with Gasteiger partial charge in [-0.15, -0.1) is 0 Å². The van der Waals surface area contributed by atoms with Crippen molar-refractivity contribution in [2.75, 3.05) is 0 Å². The van der Waals surface area contributed by atoms with Crippen molar-refractivity contribution in [3.8, 4) is 0 Å². The summed E-state index contributed by atoms with van der Waals surface area (Å²) in [5.41, 5.74) is 16.4. The second kappa shape index (κ2) is 9.94. The minimum absolute atomic E-state index is 0.284. The molecule has 21 heavy (non-hydrogen) atoms. The molecule has 0 aromatic heterocycles. The molecule has 0 aliphatic heterocycles. The van der Waals surface area contributed by atoms with Crippen molar-refractivity contribution in [1.82, 2.24) is 0 Å². The van der Waals surface area contributed by atoms with Gasteiger partial charge in [0.2, 0.25) is 11.8 Å². The molecule has 0 saturated heterocycles. The SMILES string of the molecule is CCCC(C)C(N)CC.NC(=O)c1cccc(C(N)=O)c1. The number of carbonyl (C=O) groups is 2. The lowest BCUT2D eigenvalue weighted by Crippen LogP contribution is -2.26. The van der Waals surface area contributed by atoms with Gasteiger partial charge in [-0.25, -0.2) is 0 Å². The summed E-state index contributed by atoms with van der Waals surface area (Å²) < 4.78 is 0. The van der Waals surface area contributed by atoms with Gasteiger partial charge in [0.1, 0.15) is 0 Å². The highest BCUT2D eigenvalue weighted by Crippen LogP contribution is 2.10. The molecule has 0 aliphatic carbocycles. The first-order valence-electron chi connectivity index (χ1n) is 7.28. The van der Waals surface area contributed by atoms with E-state index in [2.05, 4.69) is 20.8 Å². The van der Waals surface area contributed by atoms with Crippen LogP contribution in [0.5, 0.6) is 0 Å². The van der Waals surface area contributed by atoms with Gasteiger partial charge in [0.25, 0.3) is 0 Å². The second-order valence-electron chi connectivity index (χ2n) is 5.15. The van der Waals surface area contributed by atoms with Gasteiger partial charge in [0, 0.05) is 17.2 Å². The maximum Gasteiger partial charge on any atom is 0.248 e. The molecule has 0 heterocycles. The minimum atomic E-state index is -0.571. The molecule has 0 aliphatic rings. The van der Waals surface area contributed by atoms with Crippen LogP contribution < -0.4 is 17.2 Å². The van der Waals surface area contributed by atoms with Gasteiger partial charge in [-0.05, 0) is 37.0 Å². The molecule has 5 nitrogen and oxygen atoms in total. The Labute approximate surface area is 126 Å². The number of amides is 2. The largest absolute Gasteiger partial charge is 0.366 e. The minimum Gasteiger partial charge on any atom is -0.366 e. The molecule has 118 valence electrons. The van der Waals surface area contributed by atoms with E-state index in [0.717, 1.165) is 6.42 Å². The number of hydrogen-bond acceptors (Lipinski definition) is 3. The van der Waals surface area contributed by atoms with Crippen LogP contribution in [-0.4, -0.2) is 17.9 Å². The summed E-state index contributed by atoms with van der Waals surface area (Å²) in [6.07, 6.45) is 3.64. The van der Waals surface area contributed by atoms with Gasteiger partial charge in [0.15, 0.2) is 0 Å². The fraction of sp³-hybridized carbons (Fsp3) is 0.500.